The average Bonchev–Trinajstić information content (AvgIpc) is 2.95. The van der Waals surface area contributed by atoms with Crippen molar-refractivity contribution in [2.24, 2.45) is 11.0 Å². The van der Waals surface area contributed by atoms with Gasteiger partial charge in [-0.25, -0.2) is 5.43 Å². The molecule has 1 saturated carbocycles. The number of amides is 1. The van der Waals surface area contributed by atoms with Crippen LogP contribution >= 0.6 is 22.9 Å². The van der Waals surface area contributed by atoms with Gasteiger partial charge in [-0.1, -0.05) is 30.7 Å². The van der Waals surface area contributed by atoms with E-state index in [1.807, 2.05) is 30.3 Å². The zero-order valence-corrected chi connectivity index (χ0v) is 15.1. The van der Waals surface area contributed by atoms with Crippen molar-refractivity contribution in [1.29, 1.82) is 0 Å². The van der Waals surface area contributed by atoms with Crippen LogP contribution in [0.5, 0.6) is 0 Å². The van der Waals surface area contributed by atoms with E-state index < -0.39 is 0 Å². The highest BCUT2D eigenvalue weighted by molar-refractivity contribution is 7.18. The quantitative estimate of drug-likeness (QED) is 0.760. The van der Waals surface area contributed by atoms with Gasteiger partial charge in [0, 0.05) is 15.6 Å². The summed E-state index contributed by atoms with van der Waals surface area (Å²) in [6.45, 7) is 2.21. The van der Waals surface area contributed by atoms with Gasteiger partial charge < -0.3 is 5.73 Å². The maximum absolute atomic E-state index is 12.4. The number of hydrazone groups is 1. The minimum Gasteiger partial charge on any atom is -0.397 e. The number of carbonyl (C=O) groups is 1. The predicted octanol–water partition coefficient (Wildman–Crippen LogP) is 4.95. The van der Waals surface area contributed by atoms with Crippen LogP contribution in [0.2, 0.25) is 5.02 Å². The van der Waals surface area contributed by atoms with Gasteiger partial charge in [0.15, 0.2) is 0 Å². The van der Waals surface area contributed by atoms with Crippen molar-refractivity contribution >= 4 is 40.2 Å². The molecular formula is C18H20ClN3OS. The van der Waals surface area contributed by atoms with Crippen molar-refractivity contribution < 1.29 is 4.79 Å². The fraction of sp³-hybridized carbons (Fsp3) is 0.333. The molecule has 3 rings (SSSR count). The molecule has 3 N–H and O–H groups in total. The monoisotopic (exact) mass is 361 g/mol. The molecule has 0 aliphatic heterocycles. The van der Waals surface area contributed by atoms with E-state index in [9.17, 15) is 4.79 Å². The molecule has 2 aromatic rings. The van der Waals surface area contributed by atoms with Gasteiger partial charge >= 0.3 is 0 Å². The second-order valence-electron chi connectivity index (χ2n) is 6.22. The molecular weight excluding hydrogens is 342 g/mol. The van der Waals surface area contributed by atoms with Gasteiger partial charge in [-0.3, -0.25) is 4.79 Å². The van der Waals surface area contributed by atoms with Gasteiger partial charge in [0.2, 0.25) is 0 Å². The zero-order chi connectivity index (χ0) is 17.1. The molecule has 0 saturated heterocycles. The molecule has 126 valence electrons. The van der Waals surface area contributed by atoms with E-state index in [0.717, 1.165) is 35.4 Å². The van der Waals surface area contributed by atoms with Crippen LogP contribution in [-0.2, 0) is 0 Å². The van der Waals surface area contributed by atoms with Crippen LogP contribution < -0.4 is 11.2 Å². The average molecular weight is 362 g/mol. The van der Waals surface area contributed by atoms with Crippen molar-refractivity contribution in [2.45, 2.75) is 32.6 Å². The van der Waals surface area contributed by atoms with E-state index in [2.05, 4.69) is 17.5 Å². The summed E-state index contributed by atoms with van der Waals surface area (Å²) in [7, 11) is 0. The number of carbonyl (C=O) groups excluding carboxylic acids is 1. The molecule has 1 aromatic heterocycles. The number of hydrogen-bond donors (Lipinski definition) is 2. The Balaban J connectivity index is 1.73. The van der Waals surface area contributed by atoms with Crippen molar-refractivity contribution in [2.75, 3.05) is 5.73 Å². The first-order valence-electron chi connectivity index (χ1n) is 8.04. The molecule has 1 amide bonds. The number of halogens is 1. The summed E-state index contributed by atoms with van der Waals surface area (Å²) in [5.41, 5.74) is 11.2. The van der Waals surface area contributed by atoms with Gasteiger partial charge in [-0.15, -0.1) is 11.3 Å². The lowest BCUT2D eigenvalue weighted by Crippen LogP contribution is -2.22. The Labute approximate surface area is 150 Å². The van der Waals surface area contributed by atoms with E-state index in [4.69, 9.17) is 17.3 Å². The highest BCUT2D eigenvalue weighted by atomic mass is 35.5. The predicted molar refractivity (Wildman–Crippen MR) is 102 cm³/mol. The second-order valence-corrected chi connectivity index (χ2v) is 7.71. The van der Waals surface area contributed by atoms with Crippen molar-refractivity contribution in [3.8, 4) is 10.4 Å². The first-order valence-corrected chi connectivity index (χ1v) is 9.23. The fourth-order valence-electron chi connectivity index (χ4n) is 2.88. The van der Waals surface area contributed by atoms with Gasteiger partial charge in [0.1, 0.15) is 4.88 Å². The van der Waals surface area contributed by atoms with Gasteiger partial charge in [0.05, 0.1) is 5.69 Å². The van der Waals surface area contributed by atoms with Crippen LogP contribution in [0.3, 0.4) is 0 Å². The molecule has 0 unspecified atom stereocenters. The molecule has 1 aromatic carbocycles. The van der Waals surface area contributed by atoms with E-state index in [0.29, 0.717) is 21.5 Å². The summed E-state index contributed by atoms with van der Waals surface area (Å²) in [6, 6.07) is 9.29. The van der Waals surface area contributed by atoms with E-state index in [-0.39, 0.29) is 5.91 Å². The lowest BCUT2D eigenvalue weighted by atomic mass is 9.89. The third-order valence-corrected chi connectivity index (χ3v) is 5.61. The van der Waals surface area contributed by atoms with Gasteiger partial charge in [0.25, 0.3) is 5.91 Å². The molecule has 0 spiro atoms. The van der Waals surface area contributed by atoms with Crippen molar-refractivity contribution in [1.82, 2.24) is 5.43 Å². The minimum absolute atomic E-state index is 0.247. The summed E-state index contributed by atoms with van der Waals surface area (Å²) >= 11 is 7.28. The van der Waals surface area contributed by atoms with Crippen LogP contribution in [0.4, 0.5) is 5.69 Å². The summed E-state index contributed by atoms with van der Waals surface area (Å²) in [4.78, 5) is 13.8. The molecule has 4 nitrogen and oxygen atoms in total. The third-order valence-electron chi connectivity index (χ3n) is 4.16. The molecule has 24 heavy (non-hydrogen) atoms. The zero-order valence-electron chi connectivity index (χ0n) is 13.5. The van der Waals surface area contributed by atoms with Crippen LogP contribution in [-0.4, -0.2) is 11.6 Å². The molecule has 1 atom stereocenters. The molecule has 1 aliphatic rings. The maximum atomic E-state index is 12.4. The lowest BCUT2D eigenvalue weighted by Gasteiger charge is -2.18. The smallest absolute Gasteiger partial charge is 0.283 e. The Morgan fingerprint density at radius 2 is 2.12 bits per heavy atom. The Bertz CT molecular complexity index is 767. The SMILES string of the molecule is C[C@H]1CCC/C(=N\NC(=O)c2sc(-c3ccc(Cl)cc3)cc2N)C1. The highest BCUT2D eigenvalue weighted by Crippen LogP contribution is 2.33. The third kappa shape index (κ3) is 3.97. The van der Waals surface area contributed by atoms with Crippen LogP contribution in [0, 0.1) is 5.92 Å². The Hall–Kier alpha value is -1.85. The molecule has 0 radical (unpaired) electrons. The molecule has 6 heteroatoms. The number of nitrogens with one attached hydrogen (secondary N) is 1. The molecule has 1 heterocycles. The number of benzene rings is 1. The second kappa shape index (κ2) is 7.36. The van der Waals surface area contributed by atoms with E-state index in [1.165, 1.54) is 17.8 Å². The maximum Gasteiger partial charge on any atom is 0.283 e. The first-order chi connectivity index (χ1) is 11.5. The van der Waals surface area contributed by atoms with Crippen LogP contribution in [0.25, 0.3) is 10.4 Å². The molecule has 1 aliphatic carbocycles. The molecule has 0 bridgehead atoms. The van der Waals surface area contributed by atoms with Crippen LogP contribution in [0.1, 0.15) is 42.3 Å². The topological polar surface area (TPSA) is 67.5 Å². The number of nitrogen functional groups attached to an aromatic ring is 1. The van der Waals surface area contributed by atoms with Crippen molar-refractivity contribution in [3.63, 3.8) is 0 Å². The fourth-order valence-corrected chi connectivity index (χ4v) is 3.98. The number of nitrogens with zero attached hydrogens (tertiary/aromatic N) is 1. The Morgan fingerprint density at radius 3 is 2.83 bits per heavy atom. The van der Waals surface area contributed by atoms with Gasteiger partial charge in [-0.2, -0.15) is 5.10 Å². The summed E-state index contributed by atoms with van der Waals surface area (Å²) in [5, 5.41) is 4.97. The van der Waals surface area contributed by atoms with E-state index >= 15 is 0 Å². The summed E-state index contributed by atoms with van der Waals surface area (Å²) in [6.07, 6.45) is 4.28. The largest absolute Gasteiger partial charge is 0.397 e. The van der Waals surface area contributed by atoms with Crippen LogP contribution in [0.15, 0.2) is 35.4 Å². The molecule has 1 fully saturated rings. The number of thiophene rings is 1. The number of hydrogen-bond acceptors (Lipinski definition) is 4. The Kier molecular flexibility index (Phi) is 5.21. The minimum atomic E-state index is -0.247. The normalized spacial score (nSPS) is 19.4. The van der Waals surface area contributed by atoms with E-state index in [1.54, 1.807) is 0 Å². The first kappa shape index (κ1) is 17.0. The van der Waals surface area contributed by atoms with Gasteiger partial charge in [-0.05, 0) is 55.4 Å². The summed E-state index contributed by atoms with van der Waals surface area (Å²) in [5.74, 6) is 0.390. The van der Waals surface area contributed by atoms with Crippen molar-refractivity contribution in [3.05, 3.63) is 40.2 Å². The Morgan fingerprint density at radius 1 is 1.38 bits per heavy atom. The number of anilines is 1. The number of nitrogens with two attached hydrogens (primary N) is 1. The number of rotatable bonds is 3. The highest BCUT2D eigenvalue weighted by Gasteiger charge is 2.17. The summed E-state index contributed by atoms with van der Waals surface area (Å²) < 4.78 is 0. The standard InChI is InChI=1S/C18H20ClN3OS/c1-11-3-2-4-14(9-11)21-22-18(23)17-15(20)10-16(24-17)12-5-7-13(19)8-6-12/h5-8,10-11H,2-4,9,20H2,1H3,(H,22,23)/b21-14+/t11-/m0/s1. The lowest BCUT2D eigenvalue weighted by molar-refractivity contribution is 0.0959.